The lowest BCUT2D eigenvalue weighted by Crippen LogP contribution is -2.56. The third-order valence-corrected chi connectivity index (χ3v) is 4.17. The van der Waals surface area contributed by atoms with Crippen LogP contribution in [0.5, 0.6) is 0 Å². The number of carbonyl (C=O) groups excluding carboxylic acids is 1. The summed E-state index contributed by atoms with van der Waals surface area (Å²) in [4.78, 5) is 12.2. The van der Waals surface area contributed by atoms with Crippen LogP contribution in [0.3, 0.4) is 0 Å². The highest BCUT2D eigenvalue weighted by molar-refractivity contribution is 5.82. The number of hydrogen-bond donors (Lipinski definition) is 2. The van der Waals surface area contributed by atoms with E-state index in [0.717, 1.165) is 32.4 Å². The predicted octanol–water partition coefficient (Wildman–Crippen LogP) is 1.20. The summed E-state index contributed by atoms with van der Waals surface area (Å²) in [5, 5.41) is 6.51. The minimum atomic E-state index is -0.189. The third-order valence-electron chi connectivity index (χ3n) is 4.17. The molecule has 3 unspecified atom stereocenters. The number of amides is 1. The molecule has 0 aromatic heterocycles. The van der Waals surface area contributed by atoms with Gasteiger partial charge in [0, 0.05) is 6.61 Å². The Morgan fingerprint density at radius 1 is 1.41 bits per heavy atom. The van der Waals surface area contributed by atoms with E-state index in [4.69, 9.17) is 4.74 Å². The van der Waals surface area contributed by atoms with E-state index >= 15 is 0 Å². The first-order valence-corrected chi connectivity index (χ1v) is 6.79. The highest BCUT2D eigenvalue weighted by atomic mass is 16.5. The average Bonchev–Trinajstić information content (AvgIpc) is 2.55. The molecule has 0 saturated carbocycles. The molecule has 3 atom stereocenters. The summed E-state index contributed by atoms with van der Waals surface area (Å²) in [7, 11) is 0. The molecule has 0 bridgehead atoms. The summed E-state index contributed by atoms with van der Waals surface area (Å²) < 4.78 is 5.55. The number of nitrogens with one attached hydrogen (secondary N) is 2. The van der Waals surface area contributed by atoms with Crippen molar-refractivity contribution in [1.82, 2.24) is 10.6 Å². The highest BCUT2D eigenvalue weighted by Crippen LogP contribution is 2.25. The van der Waals surface area contributed by atoms with Crippen LogP contribution in [-0.2, 0) is 9.53 Å². The highest BCUT2D eigenvalue weighted by Gasteiger charge is 2.39. The van der Waals surface area contributed by atoms with Gasteiger partial charge in [-0.1, -0.05) is 12.8 Å². The normalized spacial score (nSPS) is 38.7. The lowest BCUT2D eigenvalue weighted by molar-refractivity contribution is -0.125. The molecule has 0 spiro atoms. The van der Waals surface area contributed by atoms with E-state index in [1.807, 2.05) is 6.92 Å². The Hall–Kier alpha value is -0.610. The van der Waals surface area contributed by atoms with Crippen molar-refractivity contribution in [3.8, 4) is 0 Å². The monoisotopic (exact) mass is 240 g/mol. The van der Waals surface area contributed by atoms with Gasteiger partial charge in [0.1, 0.15) is 0 Å². The molecule has 0 aromatic rings. The average molecular weight is 240 g/mol. The Labute approximate surface area is 103 Å². The van der Waals surface area contributed by atoms with Crippen molar-refractivity contribution >= 4 is 5.91 Å². The molecular formula is C13H24N2O2. The number of carbonyl (C=O) groups is 1. The van der Waals surface area contributed by atoms with Gasteiger partial charge in [-0.15, -0.1) is 0 Å². The topological polar surface area (TPSA) is 50.4 Å². The smallest absolute Gasteiger partial charge is 0.237 e. The first-order chi connectivity index (χ1) is 8.12. The fourth-order valence-electron chi connectivity index (χ4n) is 2.62. The van der Waals surface area contributed by atoms with Crippen molar-refractivity contribution in [3.63, 3.8) is 0 Å². The van der Waals surface area contributed by atoms with E-state index in [9.17, 15) is 4.79 Å². The molecule has 2 aliphatic rings. The van der Waals surface area contributed by atoms with Crippen LogP contribution in [0.25, 0.3) is 0 Å². The van der Waals surface area contributed by atoms with E-state index in [-0.39, 0.29) is 23.6 Å². The molecule has 0 aromatic carbocycles. The van der Waals surface area contributed by atoms with Gasteiger partial charge in [-0.3, -0.25) is 4.79 Å². The maximum absolute atomic E-state index is 12.2. The number of rotatable bonds is 2. The molecule has 98 valence electrons. The molecule has 2 fully saturated rings. The third kappa shape index (κ3) is 2.99. The van der Waals surface area contributed by atoms with E-state index in [1.54, 1.807) is 0 Å². The molecule has 1 amide bonds. The first-order valence-electron chi connectivity index (χ1n) is 6.79. The predicted molar refractivity (Wildman–Crippen MR) is 66.8 cm³/mol. The van der Waals surface area contributed by atoms with Gasteiger partial charge in [-0.05, 0) is 39.7 Å². The maximum atomic E-state index is 12.2. The lowest BCUT2D eigenvalue weighted by atomic mass is 9.94. The van der Waals surface area contributed by atoms with Crippen LogP contribution in [0.4, 0.5) is 0 Å². The number of ether oxygens (including phenoxy) is 1. The van der Waals surface area contributed by atoms with Gasteiger partial charge < -0.3 is 15.4 Å². The molecule has 2 N–H and O–H groups in total. The second-order valence-electron chi connectivity index (χ2n) is 5.53. The Balaban J connectivity index is 1.91. The van der Waals surface area contributed by atoms with Crippen LogP contribution in [0.1, 0.15) is 46.0 Å². The minimum absolute atomic E-state index is 0.0119. The van der Waals surface area contributed by atoms with Crippen molar-refractivity contribution in [2.75, 3.05) is 13.2 Å². The molecule has 2 rings (SSSR count). The van der Waals surface area contributed by atoms with Gasteiger partial charge in [0.15, 0.2) is 0 Å². The molecule has 2 aliphatic heterocycles. The lowest BCUT2D eigenvalue weighted by Gasteiger charge is -2.31. The zero-order valence-corrected chi connectivity index (χ0v) is 10.9. The Bertz CT molecular complexity index is 275. The Morgan fingerprint density at radius 3 is 2.94 bits per heavy atom. The van der Waals surface area contributed by atoms with Crippen molar-refractivity contribution in [2.45, 2.75) is 63.6 Å². The fourth-order valence-corrected chi connectivity index (χ4v) is 2.62. The standard InChI is InChI=1S/C13H24N2O2/c1-10-13(2,7-9-17-10)15-12(16)11-6-4-3-5-8-14-11/h10-11,14H,3-9H2,1-2H3,(H,15,16). The second-order valence-corrected chi connectivity index (χ2v) is 5.53. The molecule has 4 nitrogen and oxygen atoms in total. The van der Waals surface area contributed by atoms with E-state index in [2.05, 4.69) is 17.6 Å². The Morgan fingerprint density at radius 2 is 2.24 bits per heavy atom. The first kappa shape index (κ1) is 12.8. The van der Waals surface area contributed by atoms with Crippen molar-refractivity contribution in [2.24, 2.45) is 0 Å². The molecule has 17 heavy (non-hydrogen) atoms. The Kier molecular flexibility index (Phi) is 4.05. The molecular weight excluding hydrogens is 216 g/mol. The summed E-state index contributed by atoms with van der Waals surface area (Å²) in [5.41, 5.74) is -0.189. The van der Waals surface area contributed by atoms with E-state index in [0.29, 0.717) is 0 Å². The van der Waals surface area contributed by atoms with Gasteiger partial charge >= 0.3 is 0 Å². The van der Waals surface area contributed by atoms with Gasteiger partial charge in [0.05, 0.1) is 17.7 Å². The summed E-state index contributed by atoms with van der Waals surface area (Å²) >= 11 is 0. The van der Waals surface area contributed by atoms with Crippen molar-refractivity contribution in [1.29, 1.82) is 0 Å². The summed E-state index contributed by atoms with van der Waals surface area (Å²) in [5.74, 6) is 0.145. The number of hydrogen-bond acceptors (Lipinski definition) is 3. The molecule has 0 aliphatic carbocycles. The SMILES string of the molecule is CC1OCCC1(C)NC(=O)C1CCCCCN1. The van der Waals surface area contributed by atoms with Crippen LogP contribution < -0.4 is 10.6 Å². The van der Waals surface area contributed by atoms with Gasteiger partial charge in [-0.25, -0.2) is 0 Å². The second kappa shape index (κ2) is 5.36. The molecule has 2 heterocycles. The minimum Gasteiger partial charge on any atom is -0.376 e. The summed E-state index contributed by atoms with van der Waals surface area (Å²) in [6, 6.07) is -0.0119. The van der Waals surface area contributed by atoms with Crippen LogP contribution >= 0.6 is 0 Å². The summed E-state index contributed by atoms with van der Waals surface area (Å²) in [6.07, 6.45) is 5.53. The van der Waals surface area contributed by atoms with Crippen molar-refractivity contribution < 1.29 is 9.53 Å². The van der Waals surface area contributed by atoms with Crippen LogP contribution in [-0.4, -0.2) is 36.7 Å². The molecule has 4 heteroatoms. The largest absolute Gasteiger partial charge is 0.376 e. The maximum Gasteiger partial charge on any atom is 0.237 e. The fraction of sp³-hybridized carbons (Fsp3) is 0.923. The van der Waals surface area contributed by atoms with Gasteiger partial charge in [0.25, 0.3) is 0 Å². The summed E-state index contributed by atoms with van der Waals surface area (Å²) in [6.45, 7) is 5.82. The van der Waals surface area contributed by atoms with Crippen LogP contribution in [0.15, 0.2) is 0 Å². The van der Waals surface area contributed by atoms with E-state index in [1.165, 1.54) is 12.8 Å². The van der Waals surface area contributed by atoms with Gasteiger partial charge in [-0.2, -0.15) is 0 Å². The van der Waals surface area contributed by atoms with Gasteiger partial charge in [0.2, 0.25) is 5.91 Å². The van der Waals surface area contributed by atoms with Crippen molar-refractivity contribution in [3.05, 3.63) is 0 Å². The zero-order valence-electron chi connectivity index (χ0n) is 10.9. The molecule has 2 saturated heterocycles. The van der Waals surface area contributed by atoms with Crippen LogP contribution in [0, 0.1) is 0 Å². The quantitative estimate of drug-likeness (QED) is 0.762. The molecule has 0 radical (unpaired) electrons. The zero-order chi connectivity index (χ0) is 12.3. The van der Waals surface area contributed by atoms with Crippen LogP contribution in [0.2, 0.25) is 0 Å². The van der Waals surface area contributed by atoms with E-state index < -0.39 is 0 Å².